The molecule has 120 valence electrons. The molecule has 1 saturated heterocycles. The Morgan fingerprint density at radius 3 is 2.77 bits per heavy atom. The number of hydrogen-bond acceptors (Lipinski definition) is 4. The number of hydrogen-bond donors (Lipinski definition) is 1. The number of rotatable bonds is 2. The smallest absolute Gasteiger partial charge is 0.258 e. The normalized spacial score (nSPS) is 18.1. The van der Waals surface area contributed by atoms with Crippen LogP contribution in [-0.2, 0) is 14.1 Å². The number of piperazine rings is 1. The Balaban J connectivity index is 0.00000176. The molecule has 1 amide bonds. The summed E-state index contributed by atoms with van der Waals surface area (Å²) in [7, 11) is 3.80. The van der Waals surface area contributed by atoms with Crippen molar-refractivity contribution in [2.24, 2.45) is 14.1 Å². The third kappa shape index (κ3) is 2.74. The van der Waals surface area contributed by atoms with Gasteiger partial charge in [-0.3, -0.25) is 9.48 Å². The van der Waals surface area contributed by atoms with Crippen LogP contribution in [0.2, 0.25) is 0 Å². The molecule has 1 N–H and O–H groups in total. The standard InChI is InChI=1S/C14H20N6O.ClH/c1-10-11(8-17-19(10)3)14(21)20-7-4-15-9-12(20)13-16-5-6-18(13)2;/h5-6,8,12,15H,4,7,9H2,1-3H3;1H. The second-order valence-corrected chi connectivity index (χ2v) is 5.38. The lowest BCUT2D eigenvalue weighted by Crippen LogP contribution is -2.49. The third-order valence-corrected chi connectivity index (χ3v) is 4.13. The van der Waals surface area contributed by atoms with E-state index in [4.69, 9.17) is 0 Å². The Kier molecular flexibility index (Phi) is 4.87. The molecule has 1 fully saturated rings. The number of carbonyl (C=O) groups is 1. The summed E-state index contributed by atoms with van der Waals surface area (Å²) in [5, 5.41) is 7.51. The molecule has 2 aromatic rings. The van der Waals surface area contributed by atoms with Gasteiger partial charge in [0.25, 0.3) is 5.91 Å². The summed E-state index contributed by atoms with van der Waals surface area (Å²) in [6.45, 7) is 4.10. The van der Waals surface area contributed by atoms with Crippen molar-refractivity contribution in [1.82, 2.24) is 29.5 Å². The first kappa shape index (κ1) is 16.5. The van der Waals surface area contributed by atoms with E-state index < -0.39 is 0 Å². The van der Waals surface area contributed by atoms with Gasteiger partial charge in [-0.2, -0.15) is 5.10 Å². The van der Waals surface area contributed by atoms with Gasteiger partial charge in [0.1, 0.15) is 11.9 Å². The summed E-state index contributed by atoms with van der Waals surface area (Å²) >= 11 is 0. The summed E-state index contributed by atoms with van der Waals surface area (Å²) in [4.78, 5) is 19.2. The number of aryl methyl sites for hydroxylation is 2. The highest BCUT2D eigenvalue weighted by Crippen LogP contribution is 2.23. The van der Waals surface area contributed by atoms with E-state index in [0.29, 0.717) is 12.1 Å². The summed E-state index contributed by atoms with van der Waals surface area (Å²) < 4.78 is 3.69. The molecule has 3 rings (SSSR count). The first-order chi connectivity index (χ1) is 10.1. The maximum absolute atomic E-state index is 12.9. The Bertz CT molecular complexity index is 664. The number of imidazole rings is 1. The molecule has 2 aromatic heterocycles. The summed E-state index contributed by atoms with van der Waals surface area (Å²) in [5.41, 5.74) is 1.55. The molecule has 22 heavy (non-hydrogen) atoms. The SMILES string of the molecule is Cc1c(C(=O)N2CCNCC2c2nccn2C)cnn1C.Cl. The Morgan fingerprint density at radius 1 is 1.41 bits per heavy atom. The zero-order valence-corrected chi connectivity index (χ0v) is 13.8. The van der Waals surface area contributed by atoms with E-state index in [2.05, 4.69) is 15.4 Å². The second kappa shape index (κ2) is 6.50. The molecule has 1 aliphatic heterocycles. The fourth-order valence-electron chi connectivity index (χ4n) is 2.74. The molecule has 0 aromatic carbocycles. The van der Waals surface area contributed by atoms with Crippen molar-refractivity contribution >= 4 is 18.3 Å². The fourth-order valence-corrected chi connectivity index (χ4v) is 2.74. The molecule has 0 aliphatic carbocycles. The van der Waals surface area contributed by atoms with E-state index in [1.165, 1.54) is 0 Å². The molecule has 7 nitrogen and oxygen atoms in total. The average molecular weight is 325 g/mol. The van der Waals surface area contributed by atoms with Crippen LogP contribution in [0.3, 0.4) is 0 Å². The van der Waals surface area contributed by atoms with Crippen molar-refractivity contribution in [3.05, 3.63) is 35.7 Å². The monoisotopic (exact) mass is 324 g/mol. The van der Waals surface area contributed by atoms with Crippen molar-refractivity contribution in [2.75, 3.05) is 19.6 Å². The number of amides is 1. The molecule has 8 heteroatoms. The average Bonchev–Trinajstić information content (AvgIpc) is 3.05. The Morgan fingerprint density at radius 2 is 2.18 bits per heavy atom. The molecule has 0 bridgehead atoms. The van der Waals surface area contributed by atoms with E-state index in [9.17, 15) is 4.79 Å². The minimum absolute atomic E-state index is 0. The van der Waals surface area contributed by atoms with Gasteiger partial charge in [-0.05, 0) is 6.92 Å². The van der Waals surface area contributed by atoms with Crippen LogP contribution in [0.15, 0.2) is 18.6 Å². The van der Waals surface area contributed by atoms with Crippen LogP contribution in [0, 0.1) is 6.92 Å². The van der Waals surface area contributed by atoms with Gasteiger partial charge in [-0.25, -0.2) is 4.98 Å². The van der Waals surface area contributed by atoms with Gasteiger partial charge in [0.05, 0.1) is 11.8 Å². The van der Waals surface area contributed by atoms with Crippen LogP contribution in [0.1, 0.15) is 27.9 Å². The molecule has 0 spiro atoms. The van der Waals surface area contributed by atoms with Gasteiger partial charge < -0.3 is 14.8 Å². The summed E-state index contributed by atoms with van der Waals surface area (Å²) in [6, 6.07) is -0.0501. The van der Waals surface area contributed by atoms with Crippen molar-refractivity contribution in [3.8, 4) is 0 Å². The molecule has 1 aliphatic rings. The molecular formula is C14H21ClN6O. The number of carbonyl (C=O) groups excluding carboxylic acids is 1. The highest BCUT2D eigenvalue weighted by molar-refractivity contribution is 5.95. The predicted octanol–water partition coefficient (Wildman–Crippen LogP) is 0.671. The highest BCUT2D eigenvalue weighted by atomic mass is 35.5. The minimum atomic E-state index is -0.0501. The molecular weight excluding hydrogens is 304 g/mol. The maximum Gasteiger partial charge on any atom is 0.258 e. The van der Waals surface area contributed by atoms with Crippen molar-refractivity contribution < 1.29 is 4.79 Å². The van der Waals surface area contributed by atoms with Crippen LogP contribution in [0.4, 0.5) is 0 Å². The second-order valence-electron chi connectivity index (χ2n) is 5.38. The third-order valence-electron chi connectivity index (χ3n) is 4.13. The number of halogens is 1. The zero-order chi connectivity index (χ0) is 15.0. The largest absolute Gasteiger partial charge is 0.336 e. The highest BCUT2D eigenvalue weighted by Gasteiger charge is 2.32. The van der Waals surface area contributed by atoms with Gasteiger partial charge in [0.2, 0.25) is 0 Å². The molecule has 0 radical (unpaired) electrons. The van der Waals surface area contributed by atoms with E-state index in [0.717, 1.165) is 24.6 Å². The van der Waals surface area contributed by atoms with Crippen molar-refractivity contribution in [1.29, 1.82) is 0 Å². The van der Waals surface area contributed by atoms with Crippen LogP contribution in [-0.4, -0.2) is 49.8 Å². The van der Waals surface area contributed by atoms with Crippen molar-refractivity contribution in [3.63, 3.8) is 0 Å². The molecule has 1 atom stereocenters. The number of aromatic nitrogens is 4. The van der Waals surface area contributed by atoms with E-state index >= 15 is 0 Å². The van der Waals surface area contributed by atoms with Gasteiger partial charge in [-0.15, -0.1) is 12.4 Å². The van der Waals surface area contributed by atoms with Crippen LogP contribution in [0.25, 0.3) is 0 Å². The zero-order valence-electron chi connectivity index (χ0n) is 13.0. The minimum Gasteiger partial charge on any atom is -0.336 e. The lowest BCUT2D eigenvalue weighted by atomic mass is 10.1. The lowest BCUT2D eigenvalue weighted by molar-refractivity contribution is 0.0620. The fraction of sp³-hybridized carbons (Fsp3) is 0.500. The van der Waals surface area contributed by atoms with Crippen LogP contribution in [0.5, 0.6) is 0 Å². The first-order valence-corrected chi connectivity index (χ1v) is 7.07. The molecule has 1 unspecified atom stereocenters. The van der Waals surface area contributed by atoms with E-state index in [-0.39, 0.29) is 24.4 Å². The van der Waals surface area contributed by atoms with Gasteiger partial charge in [-0.1, -0.05) is 0 Å². The Labute approximate surface area is 135 Å². The van der Waals surface area contributed by atoms with Gasteiger partial charge >= 0.3 is 0 Å². The quantitative estimate of drug-likeness (QED) is 0.881. The van der Waals surface area contributed by atoms with Crippen LogP contribution >= 0.6 is 12.4 Å². The topological polar surface area (TPSA) is 68.0 Å². The molecule has 3 heterocycles. The summed E-state index contributed by atoms with van der Waals surface area (Å²) in [5.74, 6) is 0.923. The van der Waals surface area contributed by atoms with Crippen LogP contribution < -0.4 is 5.32 Å². The molecule has 0 saturated carbocycles. The van der Waals surface area contributed by atoms with Crippen molar-refractivity contribution in [2.45, 2.75) is 13.0 Å². The summed E-state index contributed by atoms with van der Waals surface area (Å²) in [6.07, 6.45) is 5.32. The lowest BCUT2D eigenvalue weighted by Gasteiger charge is -2.35. The first-order valence-electron chi connectivity index (χ1n) is 7.07. The van der Waals surface area contributed by atoms with E-state index in [1.807, 2.05) is 36.7 Å². The van der Waals surface area contributed by atoms with Gasteiger partial charge in [0, 0.05) is 51.8 Å². The maximum atomic E-state index is 12.9. The number of nitrogens with one attached hydrogen (secondary N) is 1. The predicted molar refractivity (Wildman–Crippen MR) is 85.0 cm³/mol. The Hall–Kier alpha value is -1.86. The van der Waals surface area contributed by atoms with Gasteiger partial charge in [0.15, 0.2) is 0 Å². The van der Waals surface area contributed by atoms with E-state index in [1.54, 1.807) is 17.1 Å². The number of nitrogens with zero attached hydrogens (tertiary/aromatic N) is 5.